The highest BCUT2D eigenvalue weighted by Crippen LogP contribution is 2.21. The summed E-state index contributed by atoms with van der Waals surface area (Å²) >= 11 is 11.7. The third kappa shape index (κ3) is 3.42. The normalized spacial score (nSPS) is 11.3. The molecule has 0 atom stereocenters. The van der Waals surface area contributed by atoms with E-state index in [0.717, 1.165) is 0 Å². The number of carbonyl (C=O) groups excluding carboxylic acids is 1. The number of nitrogens with zero attached hydrogens (tertiary/aromatic N) is 1. The highest BCUT2D eigenvalue weighted by Gasteiger charge is 2.04. The van der Waals surface area contributed by atoms with Crippen molar-refractivity contribution in [2.75, 3.05) is 0 Å². The van der Waals surface area contributed by atoms with E-state index < -0.39 is 6.03 Å². The van der Waals surface area contributed by atoms with Crippen molar-refractivity contribution < 1.29 is 4.79 Å². The molecule has 0 aliphatic carbocycles. The Balaban J connectivity index is 2.95. The average Bonchev–Trinajstić information content (AvgIpc) is 2.14. The van der Waals surface area contributed by atoms with Crippen LogP contribution in [-0.4, -0.2) is 11.7 Å². The minimum absolute atomic E-state index is 0.468. The maximum absolute atomic E-state index is 10.4. The zero-order valence-electron chi connectivity index (χ0n) is 7.92. The fourth-order valence-electron chi connectivity index (χ4n) is 0.982. The summed E-state index contributed by atoms with van der Waals surface area (Å²) in [6.45, 7) is 1.70. The molecule has 80 valence electrons. The molecule has 1 aromatic carbocycles. The molecule has 0 spiro atoms. The van der Waals surface area contributed by atoms with Crippen LogP contribution in [0.1, 0.15) is 12.5 Å². The topological polar surface area (TPSA) is 67.5 Å². The third-order valence-corrected chi connectivity index (χ3v) is 2.20. The summed E-state index contributed by atoms with van der Waals surface area (Å²) in [5.74, 6) is 0. The smallest absolute Gasteiger partial charge is 0.332 e. The van der Waals surface area contributed by atoms with Crippen molar-refractivity contribution in [1.82, 2.24) is 5.43 Å². The first-order chi connectivity index (χ1) is 7.00. The number of nitrogens with one attached hydrogen (secondary N) is 1. The average molecular weight is 246 g/mol. The Kier molecular flexibility index (Phi) is 3.94. The molecule has 1 aromatic rings. The van der Waals surface area contributed by atoms with Gasteiger partial charge in [0.05, 0.1) is 10.7 Å². The molecule has 0 saturated carbocycles. The first-order valence-electron chi connectivity index (χ1n) is 4.06. The number of nitrogens with two attached hydrogens (primary N) is 1. The molecule has 6 heteroatoms. The van der Waals surface area contributed by atoms with Crippen LogP contribution in [-0.2, 0) is 0 Å². The Morgan fingerprint density at radius 3 is 2.67 bits per heavy atom. The fraction of sp³-hybridized carbons (Fsp3) is 0.111. The van der Waals surface area contributed by atoms with Crippen molar-refractivity contribution in [3.8, 4) is 0 Å². The monoisotopic (exact) mass is 245 g/mol. The minimum atomic E-state index is -0.723. The predicted molar refractivity (Wildman–Crippen MR) is 61.4 cm³/mol. The van der Waals surface area contributed by atoms with E-state index in [1.54, 1.807) is 25.1 Å². The Hall–Kier alpha value is -1.26. The molecule has 0 unspecified atom stereocenters. The second kappa shape index (κ2) is 5.00. The highest BCUT2D eigenvalue weighted by atomic mass is 35.5. The highest BCUT2D eigenvalue weighted by molar-refractivity contribution is 6.37. The van der Waals surface area contributed by atoms with Gasteiger partial charge in [0, 0.05) is 10.6 Å². The van der Waals surface area contributed by atoms with E-state index in [1.807, 2.05) is 0 Å². The van der Waals surface area contributed by atoms with Gasteiger partial charge in [-0.15, -0.1) is 0 Å². The SMILES string of the molecule is C/C(=N/NC(N)=O)c1ccc(Cl)cc1Cl. The largest absolute Gasteiger partial charge is 0.350 e. The fourth-order valence-corrected chi connectivity index (χ4v) is 1.53. The van der Waals surface area contributed by atoms with E-state index in [0.29, 0.717) is 21.3 Å². The second-order valence-corrected chi connectivity index (χ2v) is 3.64. The van der Waals surface area contributed by atoms with Crippen LogP contribution in [0.5, 0.6) is 0 Å². The molecule has 2 amide bonds. The van der Waals surface area contributed by atoms with Crippen LogP contribution < -0.4 is 11.2 Å². The Morgan fingerprint density at radius 1 is 1.47 bits per heavy atom. The van der Waals surface area contributed by atoms with Gasteiger partial charge >= 0.3 is 6.03 Å². The van der Waals surface area contributed by atoms with Crippen molar-refractivity contribution in [2.45, 2.75) is 6.92 Å². The van der Waals surface area contributed by atoms with Crippen LogP contribution in [0.4, 0.5) is 4.79 Å². The molecule has 4 nitrogen and oxygen atoms in total. The lowest BCUT2D eigenvalue weighted by Crippen LogP contribution is -2.25. The summed E-state index contributed by atoms with van der Waals surface area (Å²) < 4.78 is 0. The lowest BCUT2D eigenvalue weighted by atomic mass is 10.1. The van der Waals surface area contributed by atoms with Crippen LogP contribution in [0.3, 0.4) is 0 Å². The quantitative estimate of drug-likeness (QED) is 0.610. The van der Waals surface area contributed by atoms with E-state index >= 15 is 0 Å². The lowest BCUT2D eigenvalue weighted by molar-refractivity contribution is 0.249. The number of hydrazone groups is 1. The number of halogens is 2. The van der Waals surface area contributed by atoms with E-state index in [9.17, 15) is 4.79 Å². The Bertz CT molecular complexity index is 418. The summed E-state index contributed by atoms with van der Waals surface area (Å²) in [5, 5.41) is 4.76. The molecule has 0 bridgehead atoms. The van der Waals surface area contributed by atoms with Crippen LogP contribution >= 0.6 is 23.2 Å². The van der Waals surface area contributed by atoms with Gasteiger partial charge in [-0.25, -0.2) is 10.2 Å². The van der Waals surface area contributed by atoms with Crippen molar-refractivity contribution >= 4 is 34.9 Å². The molecule has 0 radical (unpaired) electrons. The summed E-state index contributed by atoms with van der Waals surface area (Å²) in [4.78, 5) is 10.4. The number of amides is 2. The van der Waals surface area contributed by atoms with E-state index in [4.69, 9.17) is 28.9 Å². The second-order valence-electron chi connectivity index (χ2n) is 2.80. The van der Waals surface area contributed by atoms with E-state index in [2.05, 4.69) is 10.5 Å². The molecule has 15 heavy (non-hydrogen) atoms. The number of primary amides is 1. The summed E-state index contributed by atoms with van der Waals surface area (Å²) in [7, 11) is 0. The molecule has 0 heterocycles. The Labute approximate surface area is 97.0 Å². The zero-order valence-corrected chi connectivity index (χ0v) is 9.43. The first-order valence-corrected chi connectivity index (χ1v) is 4.81. The van der Waals surface area contributed by atoms with Gasteiger partial charge in [-0.2, -0.15) is 5.10 Å². The van der Waals surface area contributed by atoms with Crippen molar-refractivity contribution in [2.24, 2.45) is 10.8 Å². The van der Waals surface area contributed by atoms with Crippen molar-refractivity contribution in [3.05, 3.63) is 33.8 Å². The first kappa shape index (κ1) is 11.8. The Morgan fingerprint density at radius 2 is 2.13 bits per heavy atom. The molecule has 0 aromatic heterocycles. The van der Waals surface area contributed by atoms with Gasteiger partial charge in [0.25, 0.3) is 0 Å². The number of carbonyl (C=O) groups is 1. The van der Waals surface area contributed by atoms with E-state index in [1.165, 1.54) is 0 Å². The number of rotatable bonds is 2. The number of benzene rings is 1. The maximum atomic E-state index is 10.4. The maximum Gasteiger partial charge on any atom is 0.332 e. The molecule has 1 rings (SSSR count). The van der Waals surface area contributed by atoms with Crippen LogP contribution in [0.2, 0.25) is 10.0 Å². The van der Waals surface area contributed by atoms with Gasteiger partial charge < -0.3 is 5.73 Å². The molecular formula is C9H9Cl2N3O. The molecule has 0 fully saturated rings. The summed E-state index contributed by atoms with van der Waals surface area (Å²) in [6, 6.07) is 4.28. The van der Waals surface area contributed by atoms with Gasteiger partial charge in [0.15, 0.2) is 0 Å². The van der Waals surface area contributed by atoms with Crippen molar-refractivity contribution in [3.63, 3.8) is 0 Å². The molecular weight excluding hydrogens is 237 g/mol. The lowest BCUT2D eigenvalue weighted by Gasteiger charge is -2.03. The van der Waals surface area contributed by atoms with Gasteiger partial charge in [-0.1, -0.05) is 29.3 Å². The van der Waals surface area contributed by atoms with Gasteiger partial charge in [-0.05, 0) is 19.1 Å². The minimum Gasteiger partial charge on any atom is -0.350 e. The molecule has 0 aliphatic heterocycles. The predicted octanol–water partition coefficient (Wildman–Crippen LogP) is 2.39. The number of urea groups is 1. The van der Waals surface area contributed by atoms with Gasteiger partial charge in [0.1, 0.15) is 0 Å². The van der Waals surface area contributed by atoms with E-state index in [-0.39, 0.29) is 0 Å². The van der Waals surface area contributed by atoms with Gasteiger partial charge in [0.2, 0.25) is 0 Å². The summed E-state index contributed by atoms with van der Waals surface area (Å²) in [6.07, 6.45) is 0. The third-order valence-electron chi connectivity index (χ3n) is 1.65. The molecule has 3 N–H and O–H groups in total. The molecule has 0 aliphatic rings. The van der Waals surface area contributed by atoms with Crippen LogP contribution in [0.25, 0.3) is 0 Å². The zero-order chi connectivity index (χ0) is 11.4. The van der Waals surface area contributed by atoms with Crippen LogP contribution in [0.15, 0.2) is 23.3 Å². The summed E-state index contributed by atoms with van der Waals surface area (Å²) in [5.41, 5.74) is 8.23. The van der Waals surface area contributed by atoms with Crippen molar-refractivity contribution in [1.29, 1.82) is 0 Å². The standard InChI is InChI=1S/C9H9Cl2N3O/c1-5(13-14-9(12)15)7-3-2-6(10)4-8(7)11/h2-4H,1H3,(H3,12,14,15)/b13-5-. The molecule has 0 saturated heterocycles. The van der Waals surface area contributed by atoms with Gasteiger partial charge in [-0.3, -0.25) is 0 Å². The van der Waals surface area contributed by atoms with Crippen LogP contribution in [0, 0.1) is 0 Å². The number of hydrogen-bond acceptors (Lipinski definition) is 2. The number of hydrogen-bond donors (Lipinski definition) is 2.